The second-order valence-corrected chi connectivity index (χ2v) is 8.74. The lowest BCUT2D eigenvalue weighted by Crippen LogP contribution is -2.52. The van der Waals surface area contributed by atoms with Gasteiger partial charge in [0, 0.05) is 61.3 Å². The van der Waals surface area contributed by atoms with Gasteiger partial charge in [-0.15, -0.1) is 0 Å². The van der Waals surface area contributed by atoms with Crippen molar-refractivity contribution in [2.45, 2.75) is 12.5 Å². The maximum Gasteiger partial charge on any atom is 0.253 e. The summed E-state index contributed by atoms with van der Waals surface area (Å²) in [5.41, 5.74) is 1.62. The minimum atomic E-state index is 0.0794. The van der Waals surface area contributed by atoms with Crippen LogP contribution in [0.1, 0.15) is 16.8 Å². The number of ether oxygens (including phenoxy) is 1. The number of carbonyl (C=O) groups is 1. The van der Waals surface area contributed by atoms with Crippen LogP contribution in [0.25, 0.3) is 10.9 Å². The summed E-state index contributed by atoms with van der Waals surface area (Å²) in [6.07, 6.45) is 2.72. The molecule has 0 unspecified atom stereocenters. The van der Waals surface area contributed by atoms with Crippen LogP contribution in [0.5, 0.6) is 5.75 Å². The van der Waals surface area contributed by atoms with Crippen LogP contribution in [-0.2, 0) is 0 Å². The van der Waals surface area contributed by atoms with Crippen molar-refractivity contribution in [1.29, 1.82) is 0 Å². The van der Waals surface area contributed by atoms with Gasteiger partial charge in [-0.25, -0.2) is 9.97 Å². The standard InChI is InChI=1S/C24H26ClN5O2/c1-32-20-6-7-22-21(14-20)23(27-16-26-22)30-9-8-19(15-30)28-10-12-29(13-11-28)24(31)17-2-4-18(25)5-3-17/h2-7,14,16,19H,8-13,15H2,1H3/t19-/m1/s1. The van der Waals surface area contributed by atoms with E-state index in [1.54, 1.807) is 37.7 Å². The first-order valence-electron chi connectivity index (χ1n) is 10.9. The molecule has 2 saturated heterocycles. The van der Waals surface area contributed by atoms with Crippen LogP contribution >= 0.6 is 11.6 Å². The first-order chi connectivity index (χ1) is 15.6. The molecule has 7 nitrogen and oxygen atoms in total. The predicted molar refractivity (Wildman–Crippen MR) is 126 cm³/mol. The Morgan fingerprint density at radius 1 is 1.03 bits per heavy atom. The number of aromatic nitrogens is 2. The van der Waals surface area contributed by atoms with Crippen molar-refractivity contribution in [3.8, 4) is 5.75 Å². The van der Waals surface area contributed by atoms with E-state index < -0.39 is 0 Å². The van der Waals surface area contributed by atoms with Crippen LogP contribution in [0.3, 0.4) is 0 Å². The number of nitrogens with zero attached hydrogens (tertiary/aromatic N) is 5. The molecule has 3 heterocycles. The molecule has 2 aliphatic rings. The molecule has 2 fully saturated rings. The van der Waals surface area contributed by atoms with E-state index in [9.17, 15) is 4.79 Å². The number of amides is 1. The van der Waals surface area contributed by atoms with Crippen molar-refractivity contribution in [1.82, 2.24) is 19.8 Å². The third kappa shape index (κ3) is 4.10. The highest BCUT2D eigenvalue weighted by molar-refractivity contribution is 6.30. The van der Waals surface area contributed by atoms with Crippen molar-refractivity contribution in [3.63, 3.8) is 0 Å². The molecule has 0 N–H and O–H groups in total. The number of benzene rings is 2. The van der Waals surface area contributed by atoms with Crippen LogP contribution in [-0.4, -0.2) is 78.1 Å². The number of fused-ring (bicyclic) bond motifs is 1. The first-order valence-corrected chi connectivity index (χ1v) is 11.3. The van der Waals surface area contributed by atoms with E-state index in [2.05, 4.69) is 19.8 Å². The van der Waals surface area contributed by atoms with Gasteiger partial charge in [-0.2, -0.15) is 0 Å². The summed E-state index contributed by atoms with van der Waals surface area (Å²) < 4.78 is 5.40. The summed E-state index contributed by atoms with van der Waals surface area (Å²) in [5.74, 6) is 1.86. The van der Waals surface area contributed by atoms with E-state index in [0.29, 0.717) is 16.6 Å². The molecule has 1 aromatic heterocycles. The van der Waals surface area contributed by atoms with E-state index in [1.807, 2.05) is 23.1 Å². The number of anilines is 1. The highest BCUT2D eigenvalue weighted by Crippen LogP contribution is 2.30. The lowest BCUT2D eigenvalue weighted by Gasteiger charge is -2.38. The van der Waals surface area contributed by atoms with Crippen LogP contribution in [0.4, 0.5) is 5.82 Å². The Hall–Kier alpha value is -2.90. The van der Waals surface area contributed by atoms with Gasteiger partial charge in [0.2, 0.25) is 0 Å². The number of halogens is 1. The van der Waals surface area contributed by atoms with Crippen LogP contribution < -0.4 is 9.64 Å². The van der Waals surface area contributed by atoms with E-state index in [-0.39, 0.29) is 5.91 Å². The predicted octanol–water partition coefficient (Wildman–Crippen LogP) is 3.33. The Morgan fingerprint density at radius 2 is 1.81 bits per heavy atom. The van der Waals surface area contributed by atoms with Crippen molar-refractivity contribution < 1.29 is 9.53 Å². The lowest BCUT2D eigenvalue weighted by molar-refractivity contribution is 0.0585. The summed E-state index contributed by atoms with van der Waals surface area (Å²) in [4.78, 5) is 28.6. The summed E-state index contributed by atoms with van der Waals surface area (Å²) >= 11 is 5.95. The fourth-order valence-electron chi connectivity index (χ4n) is 4.70. The smallest absolute Gasteiger partial charge is 0.253 e. The number of hydrogen-bond donors (Lipinski definition) is 0. The SMILES string of the molecule is COc1ccc2ncnc(N3CC[C@@H](N4CCN(C(=O)c5ccc(Cl)cc5)CC4)C3)c2c1. The normalized spacial score (nSPS) is 19.5. The molecule has 166 valence electrons. The fraction of sp³-hybridized carbons (Fsp3) is 0.375. The summed E-state index contributed by atoms with van der Waals surface area (Å²) in [5, 5.41) is 1.66. The maximum atomic E-state index is 12.8. The molecule has 0 saturated carbocycles. The molecule has 32 heavy (non-hydrogen) atoms. The maximum absolute atomic E-state index is 12.8. The van der Waals surface area contributed by atoms with Gasteiger partial charge < -0.3 is 14.5 Å². The van der Waals surface area contributed by atoms with Crippen molar-refractivity contribution in [3.05, 3.63) is 59.4 Å². The number of methoxy groups -OCH3 is 1. The number of rotatable bonds is 4. The van der Waals surface area contributed by atoms with Gasteiger partial charge in [-0.1, -0.05) is 11.6 Å². The van der Waals surface area contributed by atoms with Gasteiger partial charge in [0.25, 0.3) is 5.91 Å². The van der Waals surface area contributed by atoms with E-state index >= 15 is 0 Å². The molecule has 1 amide bonds. The topological polar surface area (TPSA) is 61.8 Å². The molecule has 2 aromatic carbocycles. The number of carbonyl (C=O) groups excluding carboxylic acids is 1. The van der Waals surface area contributed by atoms with Crippen molar-refractivity contribution in [2.24, 2.45) is 0 Å². The average Bonchev–Trinajstić information content (AvgIpc) is 3.33. The Balaban J connectivity index is 1.23. The zero-order valence-corrected chi connectivity index (χ0v) is 18.8. The molecule has 0 bridgehead atoms. The Morgan fingerprint density at radius 3 is 2.56 bits per heavy atom. The largest absolute Gasteiger partial charge is 0.497 e. The van der Waals surface area contributed by atoms with Crippen molar-refractivity contribution >= 4 is 34.2 Å². The molecule has 1 atom stereocenters. The van der Waals surface area contributed by atoms with Crippen molar-refractivity contribution in [2.75, 3.05) is 51.3 Å². The quantitative estimate of drug-likeness (QED) is 0.606. The lowest BCUT2D eigenvalue weighted by atomic mass is 10.1. The summed E-state index contributed by atoms with van der Waals surface area (Å²) in [6, 6.07) is 13.5. The first kappa shape index (κ1) is 21.0. The third-order valence-corrected chi connectivity index (χ3v) is 6.75. The van der Waals surface area contributed by atoms with Crippen LogP contribution in [0, 0.1) is 0 Å². The fourth-order valence-corrected chi connectivity index (χ4v) is 4.82. The average molecular weight is 452 g/mol. The van der Waals surface area contributed by atoms with Gasteiger partial charge in [0.15, 0.2) is 0 Å². The third-order valence-electron chi connectivity index (χ3n) is 6.49. The zero-order valence-electron chi connectivity index (χ0n) is 18.1. The summed E-state index contributed by atoms with van der Waals surface area (Å²) in [7, 11) is 1.67. The van der Waals surface area contributed by atoms with Crippen LogP contribution in [0.2, 0.25) is 5.02 Å². The molecule has 8 heteroatoms. The molecule has 0 spiro atoms. The van der Waals surface area contributed by atoms with Gasteiger partial charge in [-0.3, -0.25) is 9.69 Å². The minimum Gasteiger partial charge on any atom is -0.497 e. The number of hydrogen-bond acceptors (Lipinski definition) is 6. The van der Waals surface area contributed by atoms with E-state index in [1.165, 1.54) is 0 Å². The zero-order chi connectivity index (χ0) is 22.1. The Kier molecular flexibility index (Phi) is 5.85. The number of piperazine rings is 1. The second-order valence-electron chi connectivity index (χ2n) is 8.30. The Bertz CT molecular complexity index is 1120. The molecule has 3 aromatic rings. The van der Waals surface area contributed by atoms with Crippen LogP contribution in [0.15, 0.2) is 48.8 Å². The molecule has 0 radical (unpaired) electrons. The van der Waals surface area contributed by atoms with E-state index in [4.69, 9.17) is 16.3 Å². The Labute approximate surface area is 192 Å². The minimum absolute atomic E-state index is 0.0794. The van der Waals surface area contributed by atoms with Gasteiger partial charge in [-0.05, 0) is 48.9 Å². The van der Waals surface area contributed by atoms with Gasteiger partial charge in [0.1, 0.15) is 17.9 Å². The highest BCUT2D eigenvalue weighted by Gasteiger charge is 2.32. The molecule has 0 aliphatic carbocycles. The van der Waals surface area contributed by atoms with Gasteiger partial charge in [0.05, 0.1) is 12.6 Å². The molecule has 5 rings (SSSR count). The molecular weight excluding hydrogens is 426 g/mol. The van der Waals surface area contributed by atoms with Gasteiger partial charge >= 0.3 is 0 Å². The monoisotopic (exact) mass is 451 g/mol. The summed E-state index contributed by atoms with van der Waals surface area (Å²) in [6.45, 7) is 5.13. The molecular formula is C24H26ClN5O2. The second kappa shape index (κ2) is 8.92. The molecule has 2 aliphatic heterocycles. The highest BCUT2D eigenvalue weighted by atomic mass is 35.5. The van der Waals surface area contributed by atoms with E-state index in [0.717, 1.165) is 68.2 Å².